The summed E-state index contributed by atoms with van der Waals surface area (Å²) < 4.78 is 15.6. The van der Waals surface area contributed by atoms with Crippen LogP contribution in [0.5, 0.6) is 0 Å². The van der Waals surface area contributed by atoms with Crippen molar-refractivity contribution in [3.8, 4) is 0 Å². The van der Waals surface area contributed by atoms with Crippen molar-refractivity contribution in [3.05, 3.63) is 12.2 Å². The van der Waals surface area contributed by atoms with Crippen molar-refractivity contribution in [1.82, 2.24) is 5.32 Å². The first kappa shape index (κ1) is 16.1. The fraction of sp³-hybridized carbons (Fsp3) is 0.786. The second-order valence-corrected chi connectivity index (χ2v) is 4.65. The number of hydrogen-bond acceptors (Lipinski definition) is 5. The van der Waals surface area contributed by atoms with Crippen molar-refractivity contribution < 1.29 is 19.0 Å². The van der Waals surface area contributed by atoms with Crippen LogP contribution in [0.2, 0.25) is 0 Å². The summed E-state index contributed by atoms with van der Waals surface area (Å²) in [7, 11) is 4.78. The van der Waals surface area contributed by atoms with Crippen LogP contribution >= 0.6 is 0 Å². The van der Waals surface area contributed by atoms with Crippen LogP contribution in [0.1, 0.15) is 32.1 Å². The van der Waals surface area contributed by atoms with E-state index in [1.54, 1.807) is 14.2 Å². The molecular weight excluding hydrogens is 246 g/mol. The Morgan fingerprint density at radius 2 is 2.05 bits per heavy atom. The molecular formula is C14H25NO4. The fourth-order valence-corrected chi connectivity index (χ4v) is 2.40. The topological polar surface area (TPSA) is 56.8 Å². The third-order valence-electron chi connectivity index (χ3n) is 3.60. The second kappa shape index (κ2) is 8.30. The highest BCUT2D eigenvalue weighted by molar-refractivity contribution is 5.68. The highest BCUT2D eigenvalue weighted by Crippen LogP contribution is 2.28. The quantitative estimate of drug-likeness (QED) is 0.315. The number of esters is 1. The van der Waals surface area contributed by atoms with Gasteiger partial charge < -0.3 is 19.5 Å². The van der Waals surface area contributed by atoms with Gasteiger partial charge in [-0.25, -0.2) is 0 Å². The first-order chi connectivity index (χ1) is 9.18. The molecule has 0 unspecified atom stereocenters. The minimum absolute atomic E-state index is 0.149. The van der Waals surface area contributed by atoms with Gasteiger partial charge in [-0.2, -0.15) is 0 Å². The molecule has 0 radical (unpaired) electrons. The molecule has 1 aliphatic rings. The summed E-state index contributed by atoms with van der Waals surface area (Å²) in [6.07, 6.45) is 8.12. The van der Waals surface area contributed by atoms with E-state index in [1.165, 1.54) is 7.11 Å². The fourth-order valence-electron chi connectivity index (χ4n) is 2.40. The predicted molar refractivity (Wildman–Crippen MR) is 72.8 cm³/mol. The van der Waals surface area contributed by atoms with Gasteiger partial charge in [0.15, 0.2) is 5.79 Å². The van der Waals surface area contributed by atoms with Crippen LogP contribution in [0.3, 0.4) is 0 Å². The Balaban J connectivity index is 2.26. The van der Waals surface area contributed by atoms with E-state index >= 15 is 0 Å². The maximum Gasteiger partial charge on any atom is 0.305 e. The largest absolute Gasteiger partial charge is 0.469 e. The Hall–Kier alpha value is -0.910. The molecule has 0 aromatic carbocycles. The van der Waals surface area contributed by atoms with Crippen LogP contribution < -0.4 is 5.32 Å². The molecule has 0 aliphatic carbocycles. The molecule has 0 saturated carbocycles. The molecule has 1 aliphatic heterocycles. The van der Waals surface area contributed by atoms with Crippen molar-refractivity contribution in [2.75, 3.05) is 27.9 Å². The minimum Gasteiger partial charge on any atom is -0.469 e. The zero-order chi connectivity index (χ0) is 14.1. The van der Waals surface area contributed by atoms with Crippen molar-refractivity contribution in [2.24, 2.45) is 0 Å². The number of allylic oxidation sites excluding steroid dienone is 1. The number of nitrogens with one attached hydrogen (secondary N) is 1. The highest BCUT2D eigenvalue weighted by atomic mass is 16.7. The third kappa shape index (κ3) is 4.60. The zero-order valence-electron chi connectivity index (χ0n) is 12.1. The summed E-state index contributed by atoms with van der Waals surface area (Å²) in [4.78, 5) is 10.9. The summed E-state index contributed by atoms with van der Waals surface area (Å²) in [6.45, 7) is 0.905. The lowest BCUT2D eigenvalue weighted by molar-refractivity contribution is -0.210. The number of methoxy groups -OCH3 is 3. The number of carbonyl (C=O) groups excluding carboxylic acids is 1. The Bertz CT molecular complexity index is 300. The molecule has 0 aromatic rings. The Labute approximate surface area is 115 Å². The lowest BCUT2D eigenvalue weighted by atomic mass is 10.0. The summed E-state index contributed by atoms with van der Waals surface area (Å²) in [5, 5.41) is 3.39. The Morgan fingerprint density at radius 3 is 2.68 bits per heavy atom. The molecule has 1 fully saturated rings. The van der Waals surface area contributed by atoms with Crippen LogP contribution in [-0.2, 0) is 19.0 Å². The number of hydrogen-bond donors (Lipinski definition) is 1. The molecule has 0 aromatic heterocycles. The molecule has 1 saturated heterocycles. The van der Waals surface area contributed by atoms with E-state index < -0.39 is 5.79 Å². The molecule has 5 heteroatoms. The summed E-state index contributed by atoms with van der Waals surface area (Å²) in [5.41, 5.74) is 0. The maximum absolute atomic E-state index is 10.9. The first-order valence-electron chi connectivity index (χ1n) is 6.74. The Morgan fingerprint density at radius 1 is 1.32 bits per heavy atom. The van der Waals surface area contributed by atoms with Crippen LogP contribution in [0.25, 0.3) is 0 Å². The van der Waals surface area contributed by atoms with E-state index in [2.05, 4.69) is 22.2 Å². The van der Waals surface area contributed by atoms with Crippen LogP contribution in [0, 0.1) is 0 Å². The minimum atomic E-state index is -0.504. The number of rotatable bonds is 8. The van der Waals surface area contributed by atoms with E-state index in [4.69, 9.17) is 9.47 Å². The van der Waals surface area contributed by atoms with Crippen LogP contribution in [-0.4, -0.2) is 45.7 Å². The molecule has 1 heterocycles. The van der Waals surface area contributed by atoms with Gasteiger partial charge in [0.2, 0.25) is 0 Å². The average molecular weight is 271 g/mol. The van der Waals surface area contributed by atoms with Crippen molar-refractivity contribution in [2.45, 2.75) is 43.9 Å². The van der Waals surface area contributed by atoms with Crippen LogP contribution in [0.15, 0.2) is 12.2 Å². The zero-order valence-corrected chi connectivity index (χ0v) is 12.1. The molecule has 1 rings (SSSR count). The standard InChI is InChI=1S/C14H25NO4/c1-17-13(16)9-7-5-4-6-8-12-14(18-2,19-3)10-11-15-12/h4,6,12,15H,5,7-11H2,1-3H3/t12-/m0/s1. The molecule has 0 spiro atoms. The first-order valence-corrected chi connectivity index (χ1v) is 6.74. The van der Waals surface area contributed by atoms with Crippen molar-refractivity contribution in [3.63, 3.8) is 0 Å². The van der Waals surface area contributed by atoms with E-state index in [0.29, 0.717) is 6.42 Å². The maximum atomic E-state index is 10.9. The van der Waals surface area contributed by atoms with E-state index in [9.17, 15) is 4.79 Å². The number of unbranched alkanes of at least 4 members (excludes halogenated alkanes) is 1. The van der Waals surface area contributed by atoms with Gasteiger partial charge in [0.25, 0.3) is 0 Å². The molecule has 19 heavy (non-hydrogen) atoms. The monoisotopic (exact) mass is 271 g/mol. The molecule has 110 valence electrons. The van der Waals surface area contributed by atoms with Gasteiger partial charge in [-0.05, 0) is 19.3 Å². The summed E-state index contributed by atoms with van der Waals surface area (Å²) >= 11 is 0. The van der Waals surface area contributed by atoms with Gasteiger partial charge in [-0.3, -0.25) is 4.79 Å². The lowest BCUT2D eigenvalue weighted by Crippen LogP contribution is -2.45. The molecule has 0 bridgehead atoms. The average Bonchev–Trinajstić information content (AvgIpc) is 2.85. The van der Waals surface area contributed by atoms with E-state index in [1.807, 2.05) is 0 Å². The van der Waals surface area contributed by atoms with Crippen molar-refractivity contribution >= 4 is 5.97 Å². The smallest absolute Gasteiger partial charge is 0.305 e. The Kier molecular flexibility index (Phi) is 7.05. The lowest BCUT2D eigenvalue weighted by Gasteiger charge is -2.31. The predicted octanol–water partition coefficient (Wildman–Crippen LogP) is 1.63. The van der Waals surface area contributed by atoms with E-state index in [-0.39, 0.29) is 12.0 Å². The molecule has 1 atom stereocenters. The SMILES string of the molecule is COC(=O)CCCC=CC[C@@H]1NCCC1(OC)OC. The van der Waals surface area contributed by atoms with Gasteiger partial charge in [0.05, 0.1) is 13.2 Å². The van der Waals surface area contributed by atoms with Gasteiger partial charge in [0, 0.05) is 33.6 Å². The van der Waals surface area contributed by atoms with Gasteiger partial charge in [-0.1, -0.05) is 12.2 Å². The van der Waals surface area contributed by atoms with E-state index in [0.717, 1.165) is 32.2 Å². The van der Waals surface area contributed by atoms with Gasteiger partial charge in [0.1, 0.15) is 0 Å². The van der Waals surface area contributed by atoms with Crippen molar-refractivity contribution in [1.29, 1.82) is 0 Å². The summed E-state index contributed by atoms with van der Waals surface area (Å²) in [5.74, 6) is -0.653. The molecule has 1 N–H and O–H groups in total. The third-order valence-corrected chi connectivity index (χ3v) is 3.60. The molecule has 5 nitrogen and oxygen atoms in total. The summed E-state index contributed by atoms with van der Waals surface area (Å²) in [6, 6.07) is 0.180. The van der Waals surface area contributed by atoms with Crippen LogP contribution in [0.4, 0.5) is 0 Å². The van der Waals surface area contributed by atoms with Gasteiger partial charge >= 0.3 is 5.97 Å². The number of ether oxygens (including phenoxy) is 3. The number of carbonyl (C=O) groups is 1. The highest BCUT2D eigenvalue weighted by Gasteiger charge is 2.42. The second-order valence-electron chi connectivity index (χ2n) is 4.65. The molecule has 0 amide bonds. The normalized spacial score (nSPS) is 21.9. The van der Waals surface area contributed by atoms with Gasteiger partial charge in [-0.15, -0.1) is 0 Å².